The molecule has 1 fully saturated rings. The van der Waals surface area contributed by atoms with E-state index in [-0.39, 0.29) is 17.9 Å². The van der Waals surface area contributed by atoms with Gasteiger partial charge in [-0.2, -0.15) is 0 Å². The summed E-state index contributed by atoms with van der Waals surface area (Å²) in [6, 6.07) is 0.0498. The molecule has 0 saturated carbocycles. The molecule has 0 aromatic heterocycles. The van der Waals surface area contributed by atoms with Gasteiger partial charge < -0.3 is 15.0 Å². The number of nitrogens with one attached hydrogen (secondary N) is 1. The number of likely N-dealkylation sites (tertiary alicyclic amines) is 1. The van der Waals surface area contributed by atoms with E-state index in [0.717, 1.165) is 25.9 Å². The minimum Gasteiger partial charge on any atom is -0.469 e. The molecule has 1 heterocycles. The van der Waals surface area contributed by atoms with Crippen LogP contribution in [0.2, 0.25) is 0 Å². The number of rotatable bonds is 6. The first-order chi connectivity index (χ1) is 8.13. The molecule has 1 atom stereocenters. The zero-order valence-electron chi connectivity index (χ0n) is 10.7. The Morgan fingerprint density at radius 1 is 1.35 bits per heavy atom. The van der Waals surface area contributed by atoms with Crippen LogP contribution in [-0.4, -0.2) is 49.6 Å². The molecule has 0 bridgehead atoms. The molecule has 5 nitrogen and oxygen atoms in total. The fourth-order valence-corrected chi connectivity index (χ4v) is 1.96. The fourth-order valence-electron chi connectivity index (χ4n) is 1.96. The summed E-state index contributed by atoms with van der Waals surface area (Å²) in [7, 11) is 1.38. The van der Waals surface area contributed by atoms with E-state index in [9.17, 15) is 9.59 Å². The summed E-state index contributed by atoms with van der Waals surface area (Å²) in [6.45, 7) is 4.33. The average molecular weight is 242 g/mol. The van der Waals surface area contributed by atoms with E-state index in [4.69, 9.17) is 0 Å². The zero-order valence-corrected chi connectivity index (χ0v) is 10.7. The number of esters is 1. The van der Waals surface area contributed by atoms with Crippen molar-refractivity contribution in [1.82, 2.24) is 10.2 Å². The summed E-state index contributed by atoms with van der Waals surface area (Å²) in [5.74, 6) is -0.0175. The molecule has 1 aliphatic rings. The number of hydrogen-bond acceptors (Lipinski definition) is 4. The van der Waals surface area contributed by atoms with Gasteiger partial charge in [-0.15, -0.1) is 0 Å². The van der Waals surface area contributed by atoms with Gasteiger partial charge in [0.15, 0.2) is 0 Å². The van der Waals surface area contributed by atoms with Crippen molar-refractivity contribution in [3.63, 3.8) is 0 Å². The van der Waals surface area contributed by atoms with Gasteiger partial charge >= 0.3 is 5.97 Å². The summed E-state index contributed by atoms with van der Waals surface area (Å²) in [4.78, 5) is 24.6. The minimum atomic E-state index is -0.226. The highest BCUT2D eigenvalue weighted by molar-refractivity contribution is 5.76. The largest absolute Gasteiger partial charge is 0.469 e. The number of nitrogens with zero attached hydrogens (tertiary/aromatic N) is 1. The molecular weight excluding hydrogens is 220 g/mol. The molecule has 1 rings (SSSR count). The minimum absolute atomic E-state index is 0.0498. The monoisotopic (exact) mass is 242 g/mol. The van der Waals surface area contributed by atoms with Crippen LogP contribution >= 0.6 is 0 Å². The number of carbonyl (C=O) groups excluding carboxylic acids is 2. The molecule has 1 unspecified atom stereocenters. The lowest BCUT2D eigenvalue weighted by atomic mass is 10.2. The van der Waals surface area contributed by atoms with Gasteiger partial charge in [-0.1, -0.05) is 0 Å². The summed E-state index contributed by atoms with van der Waals surface area (Å²) in [5, 5.41) is 3.15. The van der Waals surface area contributed by atoms with E-state index < -0.39 is 0 Å². The third kappa shape index (κ3) is 5.17. The highest BCUT2D eigenvalue weighted by Gasteiger charge is 2.17. The van der Waals surface area contributed by atoms with Crippen LogP contribution in [0.25, 0.3) is 0 Å². The Morgan fingerprint density at radius 2 is 2.00 bits per heavy atom. The van der Waals surface area contributed by atoms with E-state index in [1.165, 1.54) is 7.11 Å². The van der Waals surface area contributed by atoms with Crippen LogP contribution < -0.4 is 5.32 Å². The first-order valence-electron chi connectivity index (χ1n) is 6.21. The Hall–Kier alpha value is -1.10. The maximum absolute atomic E-state index is 11.7. The Morgan fingerprint density at radius 3 is 2.59 bits per heavy atom. The van der Waals surface area contributed by atoms with Gasteiger partial charge in [0, 0.05) is 32.1 Å². The van der Waals surface area contributed by atoms with Gasteiger partial charge in [-0.05, 0) is 19.8 Å². The van der Waals surface area contributed by atoms with Crippen LogP contribution in [0.4, 0.5) is 0 Å². The number of ether oxygens (including phenoxy) is 1. The molecular formula is C12H22N2O3. The molecule has 0 spiro atoms. The molecule has 1 saturated heterocycles. The molecule has 1 aliphatic heterocycles. The van der Waals surface area contributed by atoms with Crippen molar-refractivity contribution in [1.29, 1.82) is 0 Å². The Balaban J connectivity index is 2.10. The number of hydrogen-bond donors (Lipinski definition) is 1. The molecule has 0 aromatic carbocycles. The van der Waals surface area contributed by atoms with Crippen LogP contribution in [0, 0.1) is 0 Å². The Kier molecular flexibility index (Phi) is 5.97. The van der Waals surface area contributed by atoms with Crippen molar-refractivity contribution in [2.75, 3.05) is 26.7 Å². The quantitative estimate of drug-likeness (QED) is 0.691. The van der Waals surface area contributed by atoms with E-state index in [2.05, 4.69) is 10.1 Å². The summed E-state index contributed by atoms with van der Waals surface area (Å²) in [5.41, 5.74) is 0. The average Bonchev–Trinajstić information content (AvgIpc) is 2.82. The third-order valence-electron chi connectivity index (χ3n) is 2.99. The third-order valence-corrected chi connectivity index (χ3v) is 2.99. The molecule has 1 N–H and O–H groups in total. The zero-order chi connectivity index (χ0) is 12.7. The van der Waals surface area contributed by atoms with Crippen LogP contribution in [0.1, 0.15) is 32.6 Å². The number of carbonyl (C=O) groups is 2. The standard InChI is InChI=1S/C12H22N2O3/c1-10(9-12(16)17-2)13-6-5-11(15)14-7-3-4-8-14/h10,13H,3-9H2,1-2H3. The summed E-state index contributed by atoms with van der Waals surface area (Å²) >= 11 is 0. The fraction of sp³-hybridized carbons (Fsp3) is 0.833. The highest BCUT2D eigenvalue weighted by Crippen LogP contribution is 2.08. The topological polar surface area (TPSA) is 58.6 Å². The smallest absolute Gasteiger partial charge is 0.307 e. The van der Waals surface area contributed by atoms with E-state index in [1.54, 1.807) is 0 Å². The number of amides is 1. The van der Waals surface area contributed by atoms with Gasteiger partial charge in [0.25, 0.3) is 0 Å². The first kappa shape index (κ1) is 14.0. The van der Waals surface area contributed by atoms with E-state index in [1.807, 2.05) is 11.8 Å². The van der Waals surface area contributed by atoms with Gasteiger partial charge in [0.2, 0.25) is 5.91 Å². The molecule has 17 heavy (non-hydrogen) atoms. The maximum atomic E-state index is 11.7. The highest BCUT2D eigenvalue weighted by atomic mass is 16.5. The second kappa shape index (κ2) is 7.27. The van der Waals surface area contributed by atoms with E-state index >= 15 is 0 Å². The summed E-state index contributed by atoms with van der Waals surface area (Å²) in [6.07, 6.45) is 3.09. The van der Waals surface area contributed by atoms with Crippen LogP contribution in [0.5, 0.6) is 0 Å². The normalized spacial score (nSPS) is 16.9. The molecule has 5 heteroatoms. The Labute approximate surface area is 102 Å². The van der Waals surface area contributed by atoms with Crippen molar-refractivity contribution < 1.29 is 14.3 Å². The maximum Gasteiger partial charge on any atom is 0.307 e. The summed E-state index contributed by atoms with van der Waals surface area (Å²) < 4.78 is 4.58. The van der Waals surface area contributed by atoms with Crippen molar-refractivity contribution >= 4 is 11.9 Å². The van der Waals surface area contributed by atoms with Crippen LogP contribution in [0.15, 0.2) is 0 Å². The van der Waals surface area contributed by atoms with Crippen LogP contribution in [0.3, 0.4) is 0 Å². The molecule has 0 aromatic rings. The second-order valence-corrected chi connectivity index (χ2v) is 4.47. The molecule has 0 radical (unpaired) electrons. The molecule has 98 valence electrons. The lowest BCUT2D eigenvalue weighted by molar-refractivity contribution is -0.141. The first-order valence-corrected chi connectivity index (χ1v) is 6.21. The van der Waals surface area contributed by atoms with Crippen molar-refractivity contribution in [2.24, 2.45) is 0 Å². The molecule has 0 aliphatic carbocycles. The van der Waals surface area contributed by atoms with Crippen LogP contribution in [-0.2, 0) is 14.3 Å². The lowest BCUT2D eigenvalue weighted by Crippen LogP contribution is -2.34. The van der Waals surface area contributed by atoms with Gasteiger partial charge in [0.05, 0.1) is 13.5 Å². The predicted octanol–water partition coefficient (Wildman–Crippen LogP) is 0.540. The van der Waals surface area contributed by atoms with Crippen molar-refractivity contribution in [3.8, 4) is 0 Å². The second-order valence-electron chi connectivity index (χ2n) is 4.47. The van der Waals surface area contributed by atoms with Gasteiger partial charge in [-0.25, -0.2) is 0 Å². The van der Waals surface area contributed by atoms with Crippen molar-refractivity contribution in [2.45, 2.75) is 38.6 Å². The SMILES string of the molecule is COC(=O)CC(C)NCCC(=O)N1CCCC1. The van der Waals surface area contributed by atoms with Gasteiger partial charge in [0.1, 0.15) is 0 Å². The molecule has 1 amide bonds. The predicted molar refractivity (Wildman–Crippen MR) is 64.5 cm³/mol. The number of methoxy groups -OCH3 is 1. The lowest BCUT2D eigenvalue weighted by Gasteiger charge is -2.16. The Bertz CT molecular complexity index is 262. The van der Waals surface area contributed by atoms with Gasteiger partial charge in [-0.3, -0.25) is 9.59 Å². The van der Waals surface area contributed by atoms with Crippen molar-refractivity contribution in [3.05, 3.63) is 0 Å². The van der Waals surface area contributed by atoms with E-state index in [0.29, 0.717) is 19.4 Å².